The van der Waals surface area contributed by atoms with Gasteiger partial charge in [0.15, 0.2) is 5.78 Å². The maximum atomic E-state index is 11.3. The number of benzene rings is 1. The van der Waals surface area contributed by atoms with Gasteiger partial charge < -0.3 is 10.0 Å². The van der Waals surface area contributed by atoms with Crippen LogP contribution in [0.2, 0.25) is 0 Å². The van der Waals surface area contributed by atoms with E-state index in [4.69, 9.17) is 5.11 Å². The predicted octanol–water partition coefficient (Wildman–Crippen LogP) is 1.95. The molecule has 108 valence electrons. The Hall–Kier alpha value is -2.44. The molecule has 0 saturated heterocycles. The molecule has 1 aromatic rings. The van der Waals surface area contributed by atoms with Crippen LogP contribution in [0.15, 0.2) is 18.2 Å². The number of anilines is 1. The van der Waals surface area contributed by atoms with Crippen LogP contribution in [0, 0.1) is 16.0 Å². The summed E-state index contributed by atoms with van der Waals surface area (Å²) < 4.78 is 0. The Morgan fingerprint density at radius 1 is 1.45 bits per heavy atom. The predicted molar refractivity (Wildman–Crippen MR) is 73.2 cm³/mol. The van der Waals surface area contributed by atoms with Crippen LogP contribution in [0.3, 0.4) is 0 Å². The lowest BCUT2D eigenvalue weighted by Gasteiger charge is -2.21. The van der Waals surface area contributed by atoms with E-state index in [1.165, 1.54) is 36.9 Å². The number of hydrogen-bond donors (Lipinski definition) is 1. The van der Waals surface area contributed by atoms with Crippen LogP contribution in [0.25, 0.3) is 0 Å². The van der Waals surface area contributed by atoms with Crippen molar-refractivity contribution in [2.75, 3.05) is 18.5 Å². The third-order valence-corrected chi connectivity index (χ3v) is 2.96. The average molecular weight is 280 g/mol. The molecule has 0 saturated carbocycles. The summed E-state index contributed by atoms with van der Waals surface area (Å²) in [6.07, 6.45) is 0. The molecular weight excluding hydrogens is 264 g/mol. The maximum Gasteiger partial charge on any atom is 0.308 e. The second-order valence-corrected chi connectivity index (χ2v) is 4.64. The molecule has 1 aromatic carbocycles. The standard InChI is InChI=1S/C13H16N2O5/c1-8(13(17)18)7-14(3)11-5-4-10(9(2)16)6-12(11)15(19)20/h4-6,8H,7H2,1-3H3,(H,17,18). The largest absolute Gasteiger partial charge is 0.481 e. The molecule has 7 nitrogen and oxygen atoms in total. The number of aliphatic carboxylic acids is 1. The number of nitro benzene ring substituents is 1. The smallest absolute Gasteiger partial charge is 0.308 e. The van der Waals surface area contributed by atoms with Crippen molar-refractivity contribution in [1.82, 2.24) is 0 Å². The first-order valence-electron chi connectivity index (χ1n) is 5.97. The van der Waals surface area contributed by atoms with Crippen LogP contribution < -0.4 is 4.90 Å². The highest BCUT2D eigenvalue weighted by Gasteiger charge is 2.22. The molecule has 1 N–H and O–H groups in total. The number of carbonyl (C=O) groups excluding carboxylic acids is 1. The Bertz CT molecular complexity index is 556. The van der Waals surface area contributed by atoms with Crippen molar-refractivity contribution in [3.05, 3.63) is 33.9 Å². The van der Waals surface area contributed by atoms with Crippen molar-refractivity contribution < 1.29 is 19.6 Å². The highest BCUT2D eigenvalue weighted by atomic mass is 16.6. The molecule has 0 radical (unpaired) electrons. The normalized spacial score (nSPS) is 11.8. The number of nitro groups is 1. The fourth-order valence-electron chi connectivity index (χ4n) is 1.80. The van der Waals surface area contributed by atoms with Gasteiger partial charge in [-0.1, -0.05) is 6.92 Å². The Balaban J connectivity index is 3.14. The van der Waals surface area contributed by atoms with E-state index >= 15 is 0 Å². The average Bonchev–Trinajstić information content (AvgIpc) is 2.37. The number of nitrogens with zero attached hydrogens (tertiary/aromatic N) is 2. The molecule has 0 aliphatic heterocycles. The van der Waals surface area contributed by atoms with E-state index in [9.17, 15) is 19.7 Å². The summed E-state index contributed by atoms with van der Waals surface area (Å²) in [5.41, 5.74) is 0.325. The lowest BCUT2D eigenvalue weighted by Crippen LogP contribution is -2.28. The van der Waals surface area contributed by atoms with Gasteiger partial charge in [0.05, 0.1) is 10.8 Å². The highest BCUT2D eigenvalue weighted by molar-refractivity contribution is 5.95. The minimum atomic E-state index is -0.972. The molecule has 0 spiro atoms. The van der Waals surface area contributed by atoms with Crippen LogP contribution >= 0.6 is 0 Å². The van der Waals surface area contributed by atoms with Crippen molar-refractivity contribution in [1.29, 1.82) is 0 Å². The number of carboxylic acids is 1. The molecule has 0 amide bonds. The molecule has 1 unspecified atom stereocenters. The lowest BCUT2D eigenvalue weighted by atomic mass is 10.1. The summed E-state index contributed by atoms with van der Waals surface area (Å²) in [6.45, 7) is 2.99. The molecule has 0 fully saturated rings. The van der Waals surface area contributed by atoms with Gasteiger partial charge in [0.25, 0.3) is 5.69 Å². The Morgan fingerprint density at radius 3 is 2.50 bits per heavy atom. The SMILES string of the molecule is CC(=O)c1ccc(N(C)CC(C)C(=O)O)c([N+](=O)[O-])c1. The van der Waals surface area contributed by atoms with Gasteiger partial charge in [-0.25, -0.2) is 0 Å². The number of carbonyl (C=O) groups is 2. The van der Waals surface area contributed by atoms with Crippen LogP contribution in [0.5, 0.6) is 0 Å². The first-order chi connectivity index (χ1) is 9.23. The van der Waals surface area contributed by atoms with E-state index in [0.29, 0.717) is 0 Å². The molecule has 1 atom stereocenters. The summed E-state index contributed by atoms with van der Waals surface area (Å²) in [4.78, 5) is 34.1. The van der Waals surface area contributed by atoms with Crippen molar-refractivity contribution in [3.8, 4) is 0 Å². The topological polar surface area (TPSA) is 101 Å². The van der Waals surface area contributed by atoms with Gasteiger partial charge in [0, 0.05) is 25.2 Å². The van der Waals surface area contributed by atoms with Gasteiger partial charge in [-0.2, -0.15) is 0 Å². The number of ketones is 1. The summed E-state index contributed by atoms with van der Waals surface area (Å²) in [5, 5.41) is 19.9. The van der Waals surface area contributed by atoms with E-state index in [0.717, 1.165) is 0 Å². The molecule has 0 aliphatic rings. The first-order valence-corrected chi connectivity index (χ1v) is 5.97. The molecule has 7 heteroatoms. The molecule has 0 aromatic heterocycles. The van der Waals surface area contributed by atoms with Crippen LogP contribution in [0.4, 0.5) is 11.4 Å². The van der Waals surface area contributed by atoms with Crippen molar-refractivity contribution in [3.63, 3.8) is 0 Å². The minimum absolute atomic E-state index is 0.135. The number of Topliss-reactive ketones (excluding diaryl/α,β-unsaturated/α-hetero) is 1. The first kappa shape index (κ1) is 15.6. The highest BCUT2D eigenvalue weighted by Crippen LogP contribution is 2.29. The van der Waals surface area contributed by atoms with Gasteiger partial charge in [0.2, 0.25) is 0 Å². The molecule has 0 aliphatic carbocycles. The third kappa shape index (κ3) is 3.53. The van der Waals surface area contributed by atoms with Crippen LogP contribution in [-0.2, 0) is 4.79 Å². The third-order valence-electron chi connectivity index (χ3n) is 2.96. The lowest BCUT2D eigenvalue weighted by molar-refractivity contribution is -0.384. The van der Waals surface area contributed by atoms with E-state index in [1.54, 1.807) is 7.05 Å². The second-order valence-electron chi connectivity index (χ2n) is 4.64. The van der Waals surface area contributed by atoms with Gasteiger partial charge in [-0.15, -0.1) is 0 Å². The zero-order chi connectivity index (χ0) is 15.4. The minimum Gasteiger partial charge on any atom is -0.481 e. The summed E-state index contributed by atoms with van der Waals surface area (Å²) in [6, 6.07) is 4.16. The Morgan fingerprint density at radius 2 is 2.05 bits per heavy atom. The summed E-state index contributed by atoms with van der Waals surface area (Å²) in [7, 11) is 1.58. The molecular formula is C13H16N2O5. The maximum absolute atomic E-state index is 11.3. The summed E-state index contributed by atoms with van der Waals surface area (Å²) >= 11 is 0. The van der Waals surface area contributed by atoms with Crippen molar-refractivity contribution in [2.45, 2.75) is 13.8 Å². The number of rotatable bonds is 6. The Labute approximate surface area is 116 Å². The molecule has 0 bridgehead atoms. The Kier molecular flexibility index (Phi) is 4.79. The zero-order valence-corrected chi connectivity index (χ0v) is 11.5. The van der Waals surface area contributed by atoms with E-state index in [-0.39, 0.29) is 29.3 Å². The number of hydrogen-bond acceptors (Lipinski definition) is 5. The van der Waals surface area contributed by atoms with E-state index in [1.807, 2.05) is 0 Å². The van der Waals surface area contributed by atoms with Gasteiger partial charge in [0.1, 0.15) is 5.69 Å². The quantitative estimate of drug-likeness (QED) is 0.485. The number of carboxylic acid groups (broad SMARTS) is 1. The monoisotopic (exact) mass is 280 g/mol. The van der Waals surface area contributed by atoms with Gasteiger partial charge in [-0.3, -0.25) is 19.7 Å². The van der Waals surface area contributed by atoms with Crippen molar-refractivity contribution >= 4 is 23.1 Å². The second kappa shape index (κ2) is 6.14. The fourth-order valence-corrected chi connectivity index (χ4v) is 1.80. The van der Waals surface area contributed by atoms with E-state index < -0.39 is 16.8 Å². The molecule has 0 heterocycles. The van der Waals surface area contributed by atoms with Crippen molar-refractivity contribution in [2.24, 2.45) is 5.92 Å². The van der Waals surface area contributed by atoms with E-state index in [2.05, 4.69) is 0 Å². The zero-order valence-electron chi connectivity index (χ0n) is 11.5. The molecule has 20 heavy (non-hydrogen) atoms. The van der Waals surface area contributed by atoms with Gasteiger partial charge in [-0.05, 0) is 19.1 Å². The van der Waals surface area contributed by atoms with Crippen LogP contribution in [-0.4, -0.2) is 35.4 Å². The summed E-state index contributed by atoms with van der Waals surface area (Å²) in [5.74, 6) is -1.90. The molecule has 1 rings (SSSR count). The van der Waals surface area contributed by atoms with Gasteiger partial charge >= 0.3 is 5.97 Å². The van der Waals surface area contributed by atoms with Crippen LogP contribution in [0.1, 0.15) is 24.2 Å². The fraction of sp³-hybridized carbons (Fsp3) is 0.385.